The zero-order chi connectivity index (χ0) is 16.1. The van der Waals surface area contributed by atoms with Crippen LogP contribution in [0.25, 0.3) is 0 Å². The average Bonchev–Trinajstić information content (AvgIpc) is 2.54. The number of methoxy groups -OCH3 is 1. The zero-order valence-electron chi connectivity index (χ0n) is 12.2. The number of piperidine rings is 1. The number of urea groups is 1. The molecule has 0 spiro atoms. The minimum absolute atomic E-state index is 0.182. The normalized spacial score (nSPS) is 17.5. The molecule has 7 nitrogen and oxygen atoms in total. The lowest BCUT2D eigenvalue weighted by atomic mass is 9.99. The van der Waals surface area contributed by atoms with Crippen LogP contribution in [0.4, 0.5) is 10.5 Å². The van der Waals surface area contributed by atoms with Crippen LogP contribution in [0.5, 0.6) is 5.75 Å². The number of nitrogens with zero attached hydrogens (tertiary/aromatic N) is 2. The van der Waals surface area contributed by atoms with Crippen LogP contribution in [0.15, 0.2) is 18.2 Å². The van der Waals surface area contributed by atoms with Gasteiger partial charge in [-0.3, -0.25) is 4.79 Å². The average molecular weight is 303 g/mol. The van der Waals surface area contributed by atoms with E-state index in [9.17, 15) is 9.59 Å². The SMILES string of the molecule is COc1ccc(C#N)cc1NC(=O)N1CCCC(C(=O)O)C1. The number of amides is 2. The molecule has 0 bridgehead atoms. The van der Waals surface area contributed by atoms with Crippen molar-refractivity contribution in [3.05, 3.63) is 23.8 Å². The summed E-state index contributed by atoms with van der Waals surface area (Å²) < 4.78 is 5.16. The van der Waals surface area contributed by atoms with Gasteiger partial charge < -0.3 is 20.1 Å². The highest BCUT2D eigenvalue weighted by atomic mass is 16.5. The Balaban J connectivity index is 2.11. The largest absolute Gasteiger partial charge is 0.495 e. The van der Waals surface area contributed by atoms with Gasteiger partial charge in [-0.25, -0.2) is 4.79 Å². The maximum Gasteiger partial charge on any atom is 0.321 e. The van der Waals surface area contributed by atoms with Crippen molar-refractivity contribution in [2.75, 3.05) is 25.5 Å². The Morgan fingerprint density at radius 2 is 2.27 bits per heavy atom. The fraction of sp³-hybridized carbons (Fsp3) is 0.400. The molecule has 0 radical (unpaired) electrons. The van der Waals surface area contributed by atoms with Gasteiger partial charge in [0.1, 0.15) is 5.75 Å². The highest BCUT2D eigenvalue weighted by molar-refractivity contribution is 5.91. The molecule has 2 rings (SSSR count). The van der Waals surface area contributed by atoms with Crippen LogP contribution in [0.2, 0.25) is 0 Å². The van der Waals surface area contributed by atoms with Gasteiger partial charge in [-0.2, -0.15) is 5.26 Å². The van der Waals surface area contributed by atoms with Crippen molar-refractivity contribution in [1.29, 1.82) is 5.26 Å². The van der Waals surface area contributed by atoms with E-state index in [0.29, 0.717) is 36.4 Å². The van der Waals surface area contributed by atoms with Gasteiger partial charge in [0.2, 0.25) is 0 Å². The molecular weight excluding hydrogens is 286 g/mol. The monoisotopic (exact) mass is 303 g/mol. The molecule has 22 heavy (non-hydrogen) atoms. The van der Waals surface area contributed by atoms with Crippen molar-refractivity contribution in [1.82, 2.24) is 4.90 Å². The number of hydrogen-bond donors (Lipinski definition) is 2. The van der Waals surface area contributed by atoms with E-state index in [-0.39, 0.29) is 12.6 Å². The second-order valence-corrected chi connectivity index (χ2v) is 5.08. The van der Waals surface area contributed by atoms with E-state index in [1.165, 1.54) is 18.1 Å². The molecule has 1 aromatic carbocycles. The summed E-state index contributed by atoms with van der Waals surface area (Å²) in [6.45, 7) is 0.692. The Hall–Kier alpha value is -2.75. The van der Waals surface area contributed by atoms with Crippen molar-refractivity contribution in [2.45, 2.75) is 12.8 Å². The summed E-state index contributed by atoms with van der Waals surface area (Å²) in [6, 6.07) is 6.32. The topological polar surface area (TPSA) is 103 Å². The number of carboxylic acid groups (broad SMARTS) is 1. The summed E-state index contributed by atoms with van der Waals surface area (Å²) in [5.74, 6) is -0.979. The van der Waals surface area contributed by atoms with Gasteiger partial charge in [0.05, 0.1) is 30.3 Å². The van der Waals surface area contributed by atoms with E-state index in [0.717, 1.165) is 0 Å². The maximum atomic E-state index is 12.3. The van der Waals surface area contributed by atoms with Gasteiger partial charge in [-0.15, -0.1) is 0 Å². The van der Waals surface area contributed by atoms with Crippen molar-refractivity contribution in [2.24, 2.45) is 5.92 Å². The van der Waals surface area contributed by atoms with Gasteiger partial charge in [0.15, 0.2) is 0 Å². The summed E-state index contributed by atoms with van der Waals surface area (Å²) in [4.78, 5) is 24.8. The smallest absolute Gasteiger partial charge is 0.321 e. The molecular formula is C15H17N3O4. The summed E-state index contributed by atoms with van der Waals surface area (Å²) >= 11 is 0. The summed E-state index contributed by atoms with van der Waals surface area (Å²) in [5, 5.41) is 20.7. The molecule has 0 saturated carbocycles. The Morgan fingerprint density at radius 3 is 2.91 bits per heavy atom. The molecule has 1 fully saturated rings. The van der Waals surface area contributed by atoms with Gasteiger partial charge >= 0.3 is 12.0 Å². The Bertz CT molecular complexity index is 624. The number of rotatable bonds is 3. The van der Waals surface area contributed by atoms with Gasteiger partial charge in [-0.05, 0) is 31.0 Å². The number of anilines is 1. The number of ether oxygens (including phenoxy) is 1. The third-order valence-corrected chi connectivity index (χ3v) is 3.63. The third-order valence-electron chi connectivity index (χ3n) is 3.63. The van der Waals surface area contributed by atoms with Crippen molar-refractivity contribution >= 4 is 17.7 Å². The predicted octanol–water partition coefficient (Wildman–Crippen LogP) is 1.90. The number of aliphatic carboxylic acids is 1. The quantitative estimate of drug-likeness (QED) is 0.887. The minimum Gasteiger partial charge on any atom is -0.495 e. The molecule has 2 amide bonds. The van der Waals surface area contributed by atoms with E-state index in [1.807, 2.05) is 6.07 Å². The Morgan fingerprint density at radius 1 is 1.50 bits per heavy atom. The minimum atomic E-state index is -0.887. The van der Waals surface area contributed by atoms with Crippen LogP contribution in [-0.4, -0.2) is 42.2 Å². The van der Waals surface area contributed by atoms with Crippen LogP contribution in [0.1, 0.15) is 18.4 Å². The number of hydrogen-bond acceptors (Lipinski definition) is 4. The second-order valence-electron chi connectivity index (χ2n) is 5.08. The summed E-state index contributed by atoms with van der Waals surface area (Å²) in [7, 11) is 1.47. The van der Waals surface area contributed by atoms with Crippen LogP contribution in [-0.2, 0) is 4.79 Å². The lowest BCUT2D eigenvalue weighted by Gasteiger charge is -2.30. The first-order valence-corrected chi connectivity index (χ1v) is 6.92. The Labute approximate surface area is 128 Å². The van der Waals surface area contributed by atoms with Gasteiger partial charge in [0, 0.05) is 13.1 Å². The lowest BCUT2D eigenvalue weighted by molar-refractivity contribution is -0.143. The fourth-order valence-electron chi connectivity index (χ4n) is 2.43. The zero-order valence-corrected chi connectivity index (χ0v) is 12.2. The Kier molecular flexibility index (Phi) is 4.84. The number of nitrogens with one attached hydrogen (secondary N) is 1. The highest BCUT2D eigenvalue weighted by Crippen LogP contribution is 2.26. The third kappa shape index (κ3) is 3.47. The van der Waals surface area contributed by atoms with Crippen molar-refractivity contribution in [3.63, 3.8) is 0 Å². The van der Waals surface area contributed by atoms with E-state index in [2.05, 4.69) is 5.32 Å². The molecule has 0 aliphatic carbocycles. The maximum absolute atomic E-state index is 12.3. The molecule has 1 unspecified atom stereocenters. The van der Waals surface area contributed by atoms with Crippen LogP contribution in [0.3, 0.4) is 0 Å². The number of nitriles is 1. The first-order chi connectivity index (χ1) is 10.5. The number of carbonyl (C=O) groups is 2. The number of benzene rings is 1. The molecule has 116 valence electrons. The van der Waals surface area contributed by atoms with Crippen LogP contribution in [0, 0.1) is 17.2 Å². The summed E-state index contributed by atoms with van der Waals surface area (Å²) in [6.07, 6.45) is 1.23. The molecule has 1 heterocycles. The van der Waals surface area contributed by atoms with Crippen molar-refractivity contribution < 1.29 is 19.4 Å². The second kappa shape index (κ2) is 6.80. The molecule has 0 aromatic heterocycles. The predicted molar refractivity (Wildman–Crippen MR) is 78.7 cm³/mol. The highest BCUT2D eigenvalue weighted by Gasteiger charge is 2.28. The number of carboxylic acids is 1. The van der Waals surface area contributed by atoms with Crippen LogP contribution >= 0.6 is 0 Å². The number of likely N-dealkylation sites (tertiary alicyclic amines) is 1. The van der Waals surface area contributed by atoms with E-state index in [1.54, 1.807) is 12.1 Å². The van der Waals surface area contributed by atoms with E-state index in [4.69, 9.17) is 15.1 Å². The molecule has 2 N–H and O–H groups in total. The molecule has 1 aliphatic heterocycles. The van der Waals surface area contributed by atoms with Gasteiger partial charge in [-0.1, -0.05) is 0 Å². The molecule has 1 atom stereocenters. The van der Waals surface area contributed by atoms with Crippen molar-refractivity contribution in [3.8, 4) is 11.8 Å². The molecule has 1 aromatic rings. The summed E-state index contributed by atoms with van der Waals surface area (Å²) in [5.41, 5.74) is 0.794. The lowest BCUT2D eigenvalue weighted by Crippen LogP contribution is -2.44. The standard InChI is InChI=1S/C15H17N3O4/c1-22-13-5-4-10(8-16)7-12(13)17-15(21)18-6-2-3-11(9-18)14(19)20/h4-5,7,11H,2-3,6,9H2,1H3,(H,17,21)(H,19,20). The first-order valence-electron chi connectivity index (χ1n) is 6.92. The first kappa shape index (κ1) is 15.6. The molecule has 1 saturated heterocycles. The van der Waals surface area contributed by atoms with E-state index >= 15 is 0 Å². The molecule has 7 heteroatoms. The molecule has 1 aliphatic rings. The van der Waals surface area contributed by atoms with Crippen LogP contribution < -0.4 is 10.1 Å². The fourth-order valence-corrected chi connectivity index (χ4v) is 2.43. The van der Waals surface area contributed by atoms with E-state index < -0.39 is 11.9 Å². The number of carbonyl (C=O) groups excluding carboxylic acids is 1. The van der Waals surface area contributed by atoms with Gasteiger partial charge in [0.25, 0.3) is 0 Å².